The number of hydrogen-bond acceptors (Lipinski definition) is 15. The summed E-state index contributed by atoms with van der Waals surface area (Å²) in [7, 11) is 0. The molecule has 0 spiro atoms. The molecule has 0 N–H and O–H groups in total. The van der Waals surface area contributed by atoms with E-state index in [-0.39, 0.29) is 35.2 Å². The van der Waals surface area contributed by atoms with Gasteiger partial charge in [-0.1, -0.05) is 12.8 Å². The highest BCUT2D eigenvalue weighted by Gasteiger charge is 2.54. The van der Waals surface area contributed by atoms with E-state index in [1.165, 1.54) is 24.3 Å². The largest absolute Gasteiger partial charge is 0.494 e. The van der Waals surface area contributed by atoms with Gasteiger partial charge < -0.3 is 52.1 Å². The first kappa shape index (κ1) is 58.9. The minimum atomic E-state index is -2.83. The van der Waals surface area contributed by atoms with Crippen molar-refractivity contribution in [2.45, 2.75) is 141 Å². The van der Waals surface area contributed by atoms with E-state index in [4.69, 9.17) is 42.6 Å². The molecule has 19 heteroatoms. The van der Waals surface area contributed by atoms with E-state index in [0.717, 1.165) is 70.0 Å². The van der Waals surface area contributed by atoms with Crippen molar-refractivity contribution in [2.75, 3.05) is 59.5 Å². The van der Waals surface area contributed by atoms with Gasteiger partial charge in [0.1, 0.15) is 28.7 Å². The maximum atomic E-state index is 12.0. The van der Waals surface area contributed by atoms with Crippen molar-refractivity contribution in [3.63, 3.8) is 0 Å². The number of carbonyl (C=O) groups is 4. The highest BCUT2D eigenvalue weighted by molar-refractivity contribution is 5.94. The Labute approximate surface area is 419 Å². The summed E-state index contributed by atoms with van der Waals surface area (Å²) in [5.41, 5.74) is -1.38. The molecular weight excluding hydrogens is 953 g/mol. The van der Waals surface area contributed by atoms with E-state index in [2.05, 4.69) is 9.47 Å². The predicted molar refractivity (Wildman–Crippen MR) is 255 cm³/mol. The van der Waals surface area contributed by atoms with Gasteiger partial charge in [-0.05, 0) is 171 Å². The fraction of sp³-hybridized carbons (Fsp3) is 0.585. The van der Waals surface area contributed by atoms with E-state index in [9.17, 15) is 36.7 Å². The van der Waals surface area contributed by atoms with Crippen LogP contribution in [0.4, 0.5) is 17.6 Å². The second-order valence-electron chi connectivity index (χ2n) is 17.1. The van der Waals surface area contributed by atoms with Crippen LogP contribution in [0.5, 0.6) is 28.7 Å². The molecule has 3 fully saturated rings. The molecule has 3 unspecified atom stereocenters. The van der Waals surface area contributed by atoms with Gasteiger partial charge in [-0.25, -0.2) is 14.4 Å². The lowest BCUT2D eigenvalue weighted by molar-refractivity contribution is -0.150. The summed E-state index contributed by atoms with van der Waals surface area (Å²) < 4.78 is 104. The van der Waals surface area contributed by atoms with Crippen molar-refractivity contribution < 1.29 is 88.8 Å². The first-order valence-corrected chi connectivity index (χ1v) is 24.7. The number of benzene rings is 3. The van der Waals surface area contributed by atoms with Gasteiger partial charge in [0, 0.05) is 5.56 Å². The predicted octanol–water partition coefficient (Wildman–Crippen LogP) is 10.7. The van der Waals surface area contributed by atoms with Crippen LogP contribution in [-0.2, 0) is 42.8 Å². The molecule has 3 atom stereocenters. The average Bonchev–Trinajstić information content (AvgIpc) is 4.26. The van der Waals surface area contributed by atoms with E-state index >= 15 is 0 Å². The smallest absolute Gasteiger partial charge is 0.387 e. The topological polar surface area (TPSA) is 180 Å². The summed E-state index contributed by atoms with van der Waals surface area (Å²) in [4.78, 5) is 46.3. The van der Waals surface area contributed by atoms with Gasteiger partial charge in [0.05, 0.1) is 59.5 Å². The van der Waals surface area contributed by atoms with Crippen molar-refractivity contribution in [1.29, 1.82) is 0 Å². The number of esters is 3. The Bertz CT molecular complexity index is 2040. The maximum Gasteiger partial charge on any atom is 0.387 e. The van der Waals surface area contributed by atoms with Gasteiger partial charge in [0.15, 0.2) is 22.6 Å². The van der Waals surface area contributed by atoms with Crippen LogP contribution in [0.2, 0.25) is 0 Å². The number of unbranched alkanes of at least 4 members (excludes halogenated alkanes) is 7. The Hall–Kier alpha value is -5.66. The molecule has 0 aliphatic carbocycles. The Balaban J connectivity index is 0.000000235. The van der Waals surface area contributed by atoms with E-state index in [1.807, 2.05) is 12.1 Å². The first-order chi connectivity index (χ1) is 34.7. The third-order valence-electron chi connectivity index (χ3n) is 11.5. The maximum absolute atomic E-state index is 12.0. The molecule has 3 aliphatic rings. The van der Waals surface area contributed by atoms with Gasteiger partial charge >= 0.3 is 31.1 Å². The molecule has 3 aromatic carbocycles. The third kappa shape index (κ3) is 21.6. The number of rotatable bonds is 33. The molecule has 72 heavy (non-hydrogen) atoms. The lowest BCUT2D eigenvalue weighted by Gasteiger charge is -2.11. The Kier molecular flexibility index (Phi) is 25.4. The minimum Gasteiger partial charge on any atom is -0.494 e. The summed E-state index contributed by atoms with van der Waals surface area (Å²) in [6.45, 7) is 5.43. The fourth-order valence-corrected chi connectivity index (χ4v) is 7.18. The highest BCUT2D eigenvalue weighted by Crippen LogP contribution is 2.36. The molecule has 3 heterocycles. The molecule has 0 amide bonds. The molecular formula is C53H70F4O15. The van der Waals surface area contributed by atoms with Crippen LogP contribution in [0, 0.1) is 0 Å². The van der Waals surface area contributed by atoms with Crippen molar-refractivity contribution in [3.05, 3.63) is 78.4 Å². The van der Waals surface area contributed by atoms with Gasteiger partial charge in [-0.3, -0.25) is 4.79 Å². The zero-order valence-electron chi connectivity index (χ0n) is 41.8. The van der Waals surface area contributed by atoms with Gasteiger partial charge in [0.2, 0.25) is 0 Å². The molecule has 0 aromatic heterocycles. The van der Waals surface area contributed by atoms with Crippen LogP contribution in [0.25, 0.3) is 0 Å². The quantitative estimate of drug-likeness (QED) is 0.0140. The fourth-order valence-electron chi connectivity index (χ4n) is 7.18. The second-order valence-corrected chi connectivity index (χ2v) is 17.1. The number of ketones is 1. The Morgan fingerprint density at radius 1 is 0.444 bits per heavy atom. The van der Waals surface area contributed by atoms with Crippen LogP contribution in [0.3, 0.4) is 0 Å². The van der Waals surface area contributed by atoms with Crippen molar-refractivity contribution in [3.8, 4) is 28.7 Å². The van der Waals surface area contributed by atoms with Crippen LogP contribution < -0.4 is 23.7 Å². The van der Waals surface area contributed by atoms with Crippen LogP contribution in [0.1, 0.15) is 122 Å². The molecule has 3 saturated heterocycles. The zero-order chi connectivity index (χ0) is 52.2. The number of halogens is 4. The summed E-state index contributed by atoms with van der Waals surface area (Å²) in [6.07, 6.45) is 11.2. The summed E-state index contributed by atoms with van der Waals surface area (Å²) in [6, 6.07) is 19.3. The molecule has 3 aliphatic heterocycles. The highest BCUT2D eigenvalue weighted by atomic mass is 19.3. The first-order valence-electron chi connectivity index (χ1n) is 24.7. The lowest BCUT2D eigenvalue weighted by atomic mass is 10.0. The summed E-state index contributed by atoms with van der Waals surface area (Å²) >= 11 is 0. The average molecular weight is 1020 g/mol. The molecule has 6 rings (SSSR count). The molecule has 0 bridgehead atoms. The number of alkyl halides is 4. The van der Waals surface area contributed by atoms with Gasteiger partial charge in [0.25, 0.3) is 0 Å². The van der Waals surface area contributed by atoms with E-state index in [0.29, 0.717) is 95.8 Å². The Morgan fingerprint density at radius 3 is 0.972 bits per heavy atom. The molecule has 3 aromatic rings. The van der Waals surface area contributed by atoms with Crippen LogP contribution >= 0.6 is 0 Å². The van der Waals surface area contributed by atoms with Crippen LogP contribution in [0.15, 0.2) is 72.8 Å². The van der Waals surface area contributed by atoms with Crippen molar-refractivity contribution >= 4 is 23.7 Å². The van der Waals surface area contributed by atoms with Crippen LogP contribution in [-0.4, -0.2) is 113 Å². The number of epoxide rings is 3. The van der Waals surface area contributed by atoms with Crippen molar-refractivity contribution in [2.24, 2.45) is 0 Å². The molecule has 15 nitrogen and oxygen atoms in total. The number of hydrogen-bond donors (Lipinski definition) is 0. The number of carbonyl (C=O) groups excluding carboxylic acids is 4. The van der Waals surface area contributed by atoms with Crippen molar-refractivity contribution in [1.82, 2.24) is 0 Å². The van der Waals surface area contributed by atoms with Gasteiger partial charge in [-0.2, -0.15) is 17.6 Å². The molecule has 400 valence electrons. The monoisotopic (exact) mass is 1020 g/mol. The van der Waals surface area contributed by atoms with Gasteiger partial charge in [-0.15, -0.1) is 0 Å². The Morgan fingerprint density at radius 2 is 0.708 bits per heavy atom. The number of ether oxygens (including phenoxy) is 11. The summed E-state index contributed by atoms with van der Waals surface area (Å²) in [5, 5.41) is 0. The molecule has 0 saturated carbocycles. The van der Waals surface area contributed by atoms with E-state index in [1.54, 1.807) is 64.1 Å². The lowest BCUT2D eigenvalue weighted by Crippen LogP contribution is -2.27. The van der Waals surface area contributed by atoms with E-state index < -0.39 is 30.0 Å². The SMILES string of the molecule is CCOC(=O)C1(CCCCCCOc2ccc(OC(F)F)cc2)CO1.CCOC(=O)C1(CCCCCOc2ccc(C(C)=O)cc2)CO1.CCOC(=O)C1(CCCCCOc2ccc(OC(F)F)cc2)CO1. The normalized spacial score (nSPS) is 19.1. The summed E-state index contributed by atoms with van der Waals surface area (Å²) in [5.74, 6) is 1.50. The number of Topliss-reactive ketones (excluding diaryl/α,β-unsaturated/α-hetero) is 1. The minimum absolute atomic E-state index is 0.0503. The standard InChI is InChI=1S/C18H24F2O5.C18H24O5.C17H22F2O5/c1-2-22-16(21)18(13-24-18)11-5-3-4-6-12-23-14-7-9-15(10-8-14)25-17(19)20;1-3-21-17(20)18(13-23-18)11-5-4-6-12-22-16-9-7-15(8-10-16)14(2)19;1-2-21-15(20)17(12-23-17)10-4-3-5-11-22-13-6-8-14(9-7-13)24-16(18)19/h7-10,17H,2-6,11-13H2,1H3;7-10H,3-6,11-13H2,1-2H3;6-9,16H,2-5,10-12H2,1H3. The third-order valence-corrected chi connectivity index (χ3v) is 11.5. The molecule has 0 radical (unpaired) electrons. The second kappa shape index (κ2) is 31.0. The zero-order valence-corrected chi connectivity index (χ0v) is 41.8.